The molecule has 1 aromatic carbocycles. The van der Waals surface area contributed by atoms with Crippen molar-refractivity contribution in [3.63, 3.8) is 0 Å². The number of carbonyl (C=O) groups excluding carboxylic acids is 3. The highest BCUT2D eigenvalue weighted by molar-refractivity contribution is 6.05. The van der Waals surface area contributed by atoms with Crippen molar-refractivity contribution in [3.8, 4) is 0 Å². The van der Waals surface area contributed by atoms with E-state index in [0.29, 0.717) is 24.6 Å². The number of fused-ring (bicyclic) bond motifs is 1. The third-order valence-electron chi connectivity index (χ3n) is 5.91. The summed E-state index contributed by atoms with van der Waals surface area (Å²) in [7, 11) is 2.14. The lowest BCUT2D eigenvalue weighted by molar-refractivity contribution is -0.136. The molecule has 1 unspecified atom stereocenters. The second kappa shape index (κ2) is 7.40. The van der Waals surface area contributed by atoms with Gasteiger partial charge in [-0.2, -0.15) is 0 Å². The first-order chi connectivity index (χ1) is 13.0. The summed E-state index contributed by atoms with van der Waals surface area (Å²) in [5, 5.41) is 5.79. The predicted molar refractivity (Wildman–Crippen MR) is 99.8 cm³/mol. The number of hydrogen-bond donors (Lipinski definition) is 2. The molecule has 2 fully saturated rings. The second-order valence-corrected chi connectivity index (χ2v) is 7.81. The minimum atomic E-state index is -0.554. The Kier molecular flexibility index (Phi) is 4.97. The molecular weight excluding hydrogens is 344 g/mol. The van der Waals surface area contributed by atoms with Crippen LogP contribution in [0.2, 0.25) is 0 Å². The molecule has 0 aliphatic carbocycles. The monoisotopic (exact) mass is 370 g/mol. The van der Waals surface area contributed by atoms with Crippen molar-refractivity contribution in [1.82, 2.24) is 20.4 Å². The van der Waals surface area contributed by atoms with E-state index >= 15 is 0 Å². The van der Waals surface area contributed by atoms with Gasteiger partial charge in [0.05, 0.1) is 0 Å². The van der Waals surface area contributed by atoms with Gasteiger partial charge in [-0.3, -0.25) is 24.6 Å². The zero-order valence-corrected chi connectivity index (χ0v) is 15.7. The Morgan fingerprint density at radius 3 is 2.81 bits per heavy atom. The van der Waals surface area contributed by atoms with E-state index < -0.39 is 6.04 Å². The molecule has 0 saturated carbocycles. The number of amides is 3. The van der Waals surface area contributed by atoms with Crippen LogP contribution in [0.3, 0.4) is 0 Å². The number of imide groups is 1. The van der Waals surface area contributed by atoms with E-state index in [1.54, 1.807) is 4.90 Å². The Morgan fingerprint density at radius 1 is 1.22 bits per heavy atom. The van der Waals surface area contributed by atoms with E-state index in [-0.39, 0.29) is 24.1 Å². The van der Waals surface area contributed by atoms with Crippen LogP contribution in [0.4, 0.5) is 0 Å². The van der Waals surface area contributed by atoms with Crippen molar-refractivity contribution in [1.29, 1.82) is 0 Å². The van der Waals surface area contributed by atoms with Gasteiger partial charge in [0, 0.05) is 37.7 Å². The molecule has 1 aromatic rings. The molecule has 3 aliphatic heterocycles. The third-order valence-corrected chi connectivity index (χ3v) is 5.91. The lowest BCUT2D eigenvalue weighted by atomic mass is 10.0. The van der Waals surface area contributed by atoms with Crippen molar-refractivity contribution in [2.24, 2.45) is 0 Å². The van der Waals surface area contributed by atoms with Crippen molar-refractivity contribution < 1.29 is 14.4 Å². The first kappa shape index (κ1) is 18.1. The molecule has 2 N–H and O–H groups in total. The highest BCUT2D eigenvalue weighted by Crippen LogP contribution is 2.28. The van der Waals surface area contributed by atoms with Crippen LogP contribution in [0.25, 0.3) is 0 Å². The number of rotatable bonds is 4. The maximum atomic E-state index is 12.7. The first-order valence-electron chi connectivity index (χ1n) is 9.70. The summed E-state index contributed by atoms with van der Waals surface area (Å²) < 4.78 is 0. The quantitative estimate of drug-likeness (QED) is 0.760. The Bertz CT molecular complexity index is 772. The molecule has 0 spiro atoms. The fraction of sp³-hybridized carbons (Fsp3) is 0.550. The standard InChI is InChI=1S/C20H26N4O3/c1-23(15-3-2-8-21-10-15)11-13-4-5-16-14(9-13)12-24(20(16)27)17-6-7-18(25)22-19(17)26/h4-5,9,15,17,21H,2-3,6-8,10-12H2,1H3,(H,22,25,26)/t15-,17?/m0/s1. The topological polar surface area (TPSA) is 81.8 Å². The largest absolute Gasteiger partial charge is 0.322 e. The first-order valence-corrected chi connectivity index (χ1v) is 9.70. The summed E-state index contributed by atoms with van der Waals surface area (Å²) in [5.74, 6) is -0.740. The molecule has 3 heterocycles. The number of hydrogen-bond acceptors (Lipinski definition) is 5. The van der Waals surface area contributed by atoms with Crippen LogP contribution < -0.4 is 10.6 Å². The molecule has 3 amide bonds. The number of likely N-dealkylation sites (N-methyl/N-ethyl adjacent to an activating group) is 1. The molecule has 0 radical (unpaired) electrons. The normalized spacial score (nSPS) is 25.7. The number of nitrogens with one attached hydrogen (secondary N) is 2. The maximum Gasteiger partial charge on any atom is 0.255 e. The molecule has 7 nitrogen and oxygen atoms in total. The van der Waals surface area contributed by atoms with Crippen LogP contribution >= 0.6 is 0 Å². The summed E-state index contributed by atoms with van der Waals surface area (Å²) in [4.78, 5) is 40.2. The molecule has 4 rings (SSSR count). The van der Waals surface area contributed by atoms with Gasteiger partial charge in [0.2, 0.25) is 11.8 Å². The molecule has 144 valence electrons. The summed E-state index contributed by atoms with van der Waals surface area (Å²) >= 11 is 0. The highest BCUT2D eigenvalue weighted by atomic mass is 16.2. The number of benzene rings is 1. The number of carbonyl (C=O) groups is 3. The molecule has 0 bridgehead atoms. The predicted octanol–water partition coefficient (Wildman–Crippen LogP) is 0.631. The summed E-state index contributed by atoms with van der Waals surface area (Å²) in [5.41, 5.74) is 2.82. The molecule has 2 atom stereocenters. The molecule has 2 saturated heterocycles. The molecular formula is C20H26N4O3. The van der Waals surface area contributed by atoms with Gasteiger partial charge in [0.15, 0.2) is 0 Å². The van der Waals surface area contributed by atoms with Crippen molar-refractivity contribution >= 4 is 17.7 Å². The van der Waals surface area contributed by atoms with Crippen LogP contribution in [-0.4, -0.2) is 59.7 Å². The van der Waals surface area contributed by atoms with Gasteiger partial charge in [-0.25, -0.2) is 0 Å². The van der Waals surface area contributed by atoms with E-state index in [4.69, 9.17) is 0 Å². The van der Waals surface area contributed by atoms with Gasteiger partial charge < -0.3 is 10.2 Å². The fourth-order valence-corrected chi connectivity index (χ4v) is 4.35. The number of nitrogens with zero attached hydrogens (tertiary/aromatic N) is 2. The zero-order chi connectivity index (χ0) is 19.0. The smallest absolute Gasteiger partial charge is 0.255 e. The maximum absolute atomic E-state index is 12.7. The lowest BCUT2D eigenvalue weighted by Gasteiger charge is -2.31. The summed E-state index contributed by atoms with van der Waals surface area (Å²) in [6.07, 6.45) is 3.08. The Labute approximate surface area is 159 Å². The minimum Gasteiger partial charge on any atom is -0.322 e. The van der Waals surface area contributed by atoms with Crippen LogP contribution in [0.15, 0.2) is 18.2 Å². The lowest BCUT2D eigenvalue weighted by Crippen LogP contribution is -2.52. The molecule has 0 aromatic heterocycles. The zero-order valence-electron chi connectivity index (χ0n) is 15.7. The average Bonchev–Trinajstić information content (AvgIpc) is 2.98. The Balaban J connectivity index is 1.46. The van der Waals surface area contributed by atoms with Crippen molar-refractivity contribution in [3.05, 3.63) is 34.9 Å². The number of piperidine rings is 2. The van der Waals surface area contributed by atoms with Crippen molar-refractivity contribution in [2.75, 3.05) is 20.1 Å². The minimum absolute atomic E-state index is 0.115. The van der Waals surface area contributed by atoms with E-state index in [1.165, 1.54) is 18.4 Å². The summed E-state index contributed by atoms with van der Waals surface area (Å²) in [6.45, 7) is 3.39. The highest BCUT2D eigenvalue weighted by Gasteiger charge is 2.39. The van der Waals surface area contributed by atoms with Gasteiger partial charge in [0.1, 0.15) is 6.04 Å². The summed E-state index contributed by atoms with van der Waals surface area (Å²) in [6, 6.07) is 5.96. The van der Waals surface area contributed by atoms with Gasteiger partial charge in [-0.15, -0.1) is 0 Å². The third kappa shape index (κ3) is 3.61. The SMILES string of the molecule is CN(Cc1ccc2c(c1)CN(C1CCC(=O)NC1=O)C2=O)[C@H]1CCCNC1. The van der Waals surface area contributed by atoms with Crippen molar-refractivity contribution in [2.45, 2.75) is 50.9 Å². The van der Waals surface area contributed by atoms with Crippen LogP contribution in [0, 0.1) is 0 Å². The van der Waals surface area contributed by atoms with Gasteiger partial charge in [0.25, 0.3) is 5.91 Å². The van der Waals surface area contributed by atoms with Gasteiger partial charge in [-0.1, -0.05) is 12.1 Å². The van der Waals surface area contributed by atoms with Gasteiger partial charge in [-0.05, 0) is 50.0 Å². The van der Waals surface area contributed by atoms with Gasteiger partial charge >= 0.3 is 0 Å². The van der Waals surface area contributed by atoms with Crippen LogP contribution in [-0.2, 0) is 22.7 Å². The van der Waals surface area contributed by atoms with E-state index in [0.717, 1.165) is 25.2 Å². The fourth-order valence-electron chi connectivity index (χ4n) is 4.35. The average molecular weight is 370 g/mol. The molecule has 7 heteroatoms. The van der Waals surface area contributed by atoms with Crippen LogP contribution in [0.5, 0.6) is 0 Å². The second-order valence-electron chi connectivity index (χ2n) is 7.81. The molecule has 3 aliphatic rings. The van der Waals surface area contributed by atoms with E-state index in [9.17, 15) is 14.4 Å². The Morgan fingerprint density at radius 2 is 2.07 bits per heavy atom. The van der Waals surface area contributed by atoms with E-state index in [1.807, 2.05) is 12.1 Å². The Hall–Kier alpha value is -2.25. The van der Waals surface area contributed by atoms with E-state index in [2.05, 4.69) is 28.6 Å². The molecule has 27 heavy (non-hydrogen) atoms. The van der Waals surface area contributed by atoms with Crippen LogP contribution in [0.1, 0.15) is 47.2 Å².